The number of hydrogen-bond donors (Lipinski definition) is 0. The molecule has 0 aromatic rings. The molecule has 0 unspecified atom stereocenters. The fraction of sp³-hybridized carbons (Fsp3) is 0.980. The molecule has 312 valence electrons. The third-order valence-corrected chi connectivity index (χ3v) is 13.0. The van der Waals surface area contributed by atoms with Crippen LogP contribution in [-0.2, 0) is 4.79 Å². The van der Waals surface area contributed by atoms with Gasteiger partial charge in [-0.05, 0) is 38.5 Å². The molecule has 0 aliphatic heterocycles. The van der Waals surface area contributed by atoms with Gasteiger partial charge >= 0.3 is 0 Å². The van der Waals surface area contributed by atoms with Gasteiger partial charge in [0.25, 0.3) is 0 Å². The first kappa shape index (κ1) is 51.7. The van der Waals surface area contributed by atoms with Gasteiger partial charge in [0.05, 0.1) is 0 Å². The summed E-state index contributed by atoms with van der Waals surface area (Å²) in [7, 11) is 0. The predicted molar refractivity (Wildman–Crippen MR) is 238 cm³/mol. The van der Waals surface area contributed by atoms with E-state index >= 15 is 4.79 Å². The van der Waals surface area contributed by atoms with Crippen molar-refractivity contribution >= 4 is 5.78 Å². The average Bonchev–Trinajstić information content (AvgIpc) is 3.15. The number of carbonyl (C=O) groups is 1. The maximum absolute atomic E-state index is 16.1. The molecule has 52 heavy (non-hydrogen) atoms. The van der Waals surface area contributed by atoms with Crippen LogP contribution in [0.2, 0.25) is 0 Å². The summed E-state index contributed by atoms with van der Waals surface area (Å²) < 4.78 is 0. The summed E-state index contributed by atoms with van der Waals surface area (Å²) in [5.41, 5.74) is -0.153. The lowest BCUT2D eigenvalue weighted by atomic mass is 9.58. The number of rotatable bonds is 44. The minimum absolute atomic E-state index is 0.0765. The Morgan fingerprint density at radius 3 is 0.519 bits per heavy atom. The Hall–Kier alpha value is -0.330. The van der Waals surface area contributed by atoms with Crippen LogP contribution in [-0.4, -0.2) is 5.78 Å². The van der Waals surface area contributed by atoms with E-state index in [1.54, 1.807) is 0 Å². The number of unbranched alkanes of at least 4 members (excludes halogenated alkanes) is 30. The van der Waals surface area contributed by atoms with Crippen molar-refractivity contribution in [3.63, 3.8) is 0 Å². The van der Waals surface area contributed by atoms with Crippen molar-refractivity contribution < 1.29 is 4.79 Å². The van der Waals surface area contributed by atoms with Crippen LogP contribution >= 0.6 is 0 Å². The molecule has 0 aliphatic rings. The molecule has 0 aliphatic carbocycles. The zero-order valence-corrected chi connectivity index (χ0v) is 37.6. The molecule has 0 saturated heterocycles. The molecule has 0 spiro atoms. The number of hydrogen-bond acceptors (Lipinski definition) is 1. The Morgan fingerprint density at radius 1 is 0.231 bits per heavy atom. The first-order valence-corrected chi connectivity index (χ1v) is 25.1. The van der Waals surface area contributed by atoms with E-state index in [0.717, 1.165) is 5.78 Å². The first-order chi connectivity index (χ1) is 25.5. The summed E-state index contributed by atoms with van der Waals surface area (Å²) >= 11 is 0. The molecule has 0 N–H and O–H groups in total. The maximum atomic E-state index is 16.1. The molecule has 0 saturated carbocycles. The Morgan fingerprint density at radius 2 is 0.365 bits per heavy atom. The Bertz CT molecular complexity index is 568. The summed E-state index contributed by atoms with van der Waals surface area (Å²) in [5.74, 6) is 0.811. The average molecular weight is 731 g/mol. The highest BCUT2D eigenvalue weighted by Gasteiger charge is 2.48. The van der Waals surface area contributed by atoms with Crippen molar-refractivity contribution in [1.82, 2.24) is 0 Å². The molecule has 0 rings (SSSR count). The second-order valence-corrected chi connectivity index (χ2v) is 18.0. The minimum Gasteiger partial charge on any atom is -0.298 e. The fourth-order valence-corrected chi connectivity index (χ4v) is 9.46. The molecule has 0 fully saturated rings. The van der Waals surface area contributed by atoms with Gasteiger partial charge in [0, 0.05) is 10.8 Å². The monoisotopic (exact) mass is 731 g/mol. The summed E-state index contributed by atoms with van der Waals surface area (Å²) in [6.45, 7) is 14.0. The van der Waals surface area contributed by atoms with E-state index in [0.29, 0.717) is 0 Å². The smallest absolute Gasteiger partial charge is 0.145 e. The van der Waals surface area contributed by atoms with E-state index in [-0.39, 0.29) is 10.8 Å². The third-order valence-electron chi connectivity index (χ3n) is 13.0. The molecule has 1 heteroatoms. The topological polar surface area (TPSA) is 17.1 Å². The van der Waals surface area contributed by atoms with Crippen LogP contribution in [0.3, 0.4) is 0 Å². The zero-order valence-electron chi connectivity index (χ0n) is 37.6. The molecule has 0 aromatic carbocycles. The van der Waals surface area contributed by atoms with Crippen LogP contribution in [0.5, 0.6) is 0 Å². The van der Waals surface area contributed by atoms with Gasteiger partial charge in [-0.2, -0.15) is 0 Å². The normalized spacial score (nSPS) is 12.3. The van der Waals surface area contributed by atoms with Crippen molar-refractivity contribution in [2.24, 2.45) is 10.8 Å². The van der Waals surface area contributed by atoms with E-state index < -0.39 is 0 Å². The highest BCUT2D eigenvalue weighted by molar-refractivity contribution is 5.90. The van der Waals surface area contributed by atoms with Gasteiger partial charge < -0.3 is 0 Å². The van der Waals surface area contributed by atoms with Crippen LogP contribution in [0, 0.1) is 10.8 Å². The summed E-state index contributed by atoms with van der Waals surface area (Å²) in [5, 5.41) is 0. The Balaban J connectivity index is 6.59. The minimum atomic E-state index is -0.0765. The van der Waals surface area contributed by atoms with Crippen LogP contribution < -0.4 is 0 Å². The molecular formula is C51H102O. The lowest BCUT2D eigenvalue weighted by Crippen LogP contribution is -2.44. The van der Waals surface area contributed by atoms with Crippen molar-refractivity contribution in [3.8, 4) is 0 Å². The predicted octanol–water partition coefficient (Wildman–Crippen LogP) is 19.0. The highest BCUT2D eigenvalue weighted by atomic mass is 16.1. The molecule has 0 aromatic heterocycles. The van der Waals surface area contributed by atoms with Crippen molar-refractivity contribution in [2.45, 2.75) is 311 Å². The summed E-state index contributed by atoms with van der Waals surface area (Å²) in [6.07, 6.45) is 55.4. The van der Waals surface area contributed by atoms with Gasteiger partial charge in [-0.15, -0.1) is 0 Å². The Kier molecular flexibility index (Phi) is 38.7. The summed E-state index contributed by atoms with van der Waals surface area (Å²) in [4.78, 5) is 16.1. The summed E-state index contributed by atoms with van der Waals surface area (Å²) in [6, 6.07) is 0. The lowest BCUT2D eigenvalue weighted by Gasteiger charge is -2.44. The van der Waals surface area contributed by atoms with Crippen molar-refractivity contribution in [1.29, 1.82) is 0 Å². The lowest BCUT2D eigenvalue weighted by molar-refractivity contribution is -0.143. The highest BCUT2D eigenvalue weighted by Crippen LogP contribution is 2.50. The van der Waals surface area contributed by atoms with Gasteiger partial charge in [-0.25, -0.2) is 0 Å². The molecule has 0 bridgehead atoms. The van der Waals surface area contributed by atoms with Gasteiger partial charge in [-0.3, -0.25) is 4.79 Å². The van der Waals surface area contributed by atoms with Crippen molar-refractivity contribution in [3.05, 3.63) is 0 Å². The second-order valence-electron chi connectivity index (χ2n) is 18.0. The molecule has 1 nitrogen and oxygen atoms in total. The molecular weight excluding hydrogens is 629 g/mol. The largest absolute Gasteiger partial charge is 0.298 e. The van der Waals surface area contributed by atoms with Gasteiger partial charge in [0.15, 0.2) is 0 Å². The fourth-order valence-electron chi connectivity index (χ4n) is 9.46. The Labute approximate surface area is 331 Å². The van der Waals surface area contributed by atoms with Gasteiger partial charge in [0.2, 0.25) is 0 Å². The van der Waals surface area contributed by atoms with Crippen LogP contribution in [0.1, 0.15) is 311 Å². The molecule has 0 atom stereocenters. The maximum Gasteiger partial charge on any atom is 0.145 e. The molecule has 0 radical (unpaired) electrons. The van der Waals surface area contributed by atoms with E-state index in [1.165, 1.54) is 270 Å². The van der Waals surface area contributed by atoms with E-state index in [9.17, 15) is 0 Å². The van der Waals surface area contributed by atoms with Crippen LogP contribution in [0.15, 0.2) is 0 Å². The second kappa shape index (κ2) is 38.9. The number of Topliss-reactive ketones (excluding diaryl/α,β-unsaturated/α-hetero) is 1. The third kappa shape index (κ3) is 27.3. The first-order valence-electron chi connectivity index (χ1n) is 25.1. The van der Waals surface area contributed by atoms with E-state index in [4.69, 9.17) is 0 Å². The quantitative estimate of drug-likeness (QED) is 0.0571. The zero-order chi connectivity index (χ0) is 38.3. The van der Waals surface area contributed by atoms with Crippen molar-refractivity contribution in [2.75, 3.05) is 0 Å². The van der Waals surface area contributed by atoms with Gasteiger partial charge in [0.1, 0.15) is 5.78 Å². The molecule has 0 heterocycles. The molecule has 0 amide bonds. The van der Waals surface area contributed by atoms with Crippen LogP contribution in [0.25, 0.3) is 0 Å². The number of ketones is 1. The van der Waals surface area contributed by atoms with E-state index in [2.05, 4.69) is 41.5 Å². The van der Waals surface area contributed by atoms with E-state index in [1.807, 2.05) is 0 Å². The SMILES string of the molecule is CCCCCCCCC(CCCCCCCC)(CCCCCCCC)C(=O)C(CCCCCCCC)(CCCCCCCC)CCCCCCCC. The number of carbonyl (C=O) groups excluding carboxylic acids is 1. The van der Waals surface area contributed by atoms with Gasteiger partial charge in [-0.1, -0.05) is 273 Å². The van der Waals surface area contributed by atoms with Crippen LogP contribution in [0.4, 0.5) is 0 Å². The standard InChI is InChI=1S/C51H102O/c1-7-13-19-25-31-37-43-50(44-38-32-26-20-14-8-2,45-39-33-27-21-15-9-3)49(52)51(46-40-34-28-22-16-10-4,47-41-35-29-23-17-11-5)48-42-36-30-24-18-12-6/h7-48H2,1-6H3.